The number of fused-ring (bicyclic) bond motifs is 1. The van der Waals surface area contributed by atoms with Gasteiger partial charge < -0.3 is 0 Å². The lowest BCUT2D eigenvalue weighted by Crippen LogP contribution is -2.51. The van der Waals surface area contributed by atoms with Crippen LogP contribution >= 0.6 is 0 Å². The number of aryl methyl sites for hydroxylation is 2. The Morgan fingerprint density at radius 1 is 1.05 bits per heavy atom. The van der Waals surface area contributed by atoms with Crippen molar-refractivity contribution < 1.29 is 26.0 Å². The Labute approximate surface area is 222 Å². The van der Waals surface area contributed by atoms with Crippen LogP contribution in [0.15, 0.2) is 53.8 Å². The third-order valence-corrected chi connectivity index (χ3v) is 8.65. The molecule has 0 radical (unpaired) electrons. The van der Waals surface area contributed by atoms with Gasteiger partial charge in [-0.1, -0.05) is 0 Å². The predicted molar refractivity (Wildman–Crippen MR) is 135 cm³/mol. The number of nitrogens with zero attached hydrogens (tertiary/aromatic N) is 7. The van der Waals surface area contributed by atoms with E-state index >= 15 is 0 Å². The highest BCUT2D eigenvalue weighted by Crippen LogP contribution is 2.34. The molecule has 9 nitrogen and oxygen atoms in total. The molecule has 1 aliphatic heterocycles. The van der Waals surface area contributed by atoms with Gasteiger partial charge in [-0.05, 0) is 61.4 Å². The molecular weight excluding hydrogens is 538 g/mol. The summed E-state index contributed by atoms with van der Waals surface area (Å²) < 4.78 is 82.5. The van der Waals surface area contributed by atoms with Crippen molar-refractivity contribution in [3.63, 3.8) is 0 Å². The molecule has 0 spiro atoms. The van der Waals surface area contributed by atoms with Crippen molar-refractivity contribution in [3.8, 4) is 5.69 Å². The van der Waals surface area contributed by atoms with Crippen LogP contribution in [0.5, 0.6) is 0 Å². The largest absolute Gasteiger partial charge is 0.390 e. The van der Waals surface area contributed by atoms with Crippen LogP contribution in [-0.4, -0.2) is 74.8 Å². The lowest BCUT2D eigenvalue weighted by atomic mass is 9.96. The fourth-order valence-corrected chi connectivity index (χ4v) is 6.18. The van der Waals surface area contributed by atoms with Gasteiger partial charge in [0.1, 0.15) is 5.82 Å². The molecule has 1 atom stereocenters. The van der Waals surface area contributed by atoms with E-state index in [1.807, 2.05) is 19.1 Å². The van der Waals surface area contributed by atoms with Gasteiger partial charge in [-0.15, -0.1) is 5.10 Å². The van der Waals surface area contributed by atoms with Gasteiger partial charge in [0, 0.05) is 37.6 Å². The van der Waals surface area contributed by atoms with Crippen LogP contribution in [0.3, 0.4) is 0 Å². The SMILES string of the molecule is CCn1ncc(S(=O)(=O)N2CCN(CCC(F)(F)F)[C@H](c3cc4cnn(-c5ccc(F)cc5)c4cc3C)C2)n1. The molecule has 1 saturated heterocycles. The van der Waals surface area contributed by atoms with Gasteiger partial charge in [0.2, 0.25) is 5.03 Å². The van der Waals surface area contributed by atoms with Crippen molar-refractivity contribution in [3.05, 3.63) is 65.7 Å². The van der Waals surface area contributed by atoms with Crippen LogP contribution in [0.25, 0.3) is 16.6 Å². The van der Waals surface area contributed by atoms with Gasteiger partial charge in [0.05, 0.1) is 36.6 Å². The molecule has 39 heavy (non-hydrogen) atoms. The van der Waals surface area contributed by atoms with Gasteiger partial charge in [-0.3, -0.25) is 4.90 Å². The van der Waals surface area contributed by atoms with E-state index in [1.54, 1.807) is 34.8 Å². The molecule has 14 heteroatoms. The van der Waals surface area contributed by atoms with Crippen LogP contribution in [0.1, 0.15) is 30.5 Å². The summed E-state index contributed by atoms with van der Waals surface area (Å²) in [5.41, 5.74) is 2.87. The zero-order valence-electron chi connectivity index (χ0n) is 21.3. The number of halogens is 4. The molecule has 0 N–H and O–H groups in total. The fourth-order valence-electron chi connectivity index (χ4n) is 4.87. The summed E-state index contributed by atoms with van der Waals surface area (Å²) in [6.07, 6.45) is -2.54. The van der Waals surface area contributed by atoms with Crippen LogP contribution < -0.4 is 0 Å². The van der Waals surface area contributed by atoms with Crippen LogP contribution in [-0.2, 0) is 16.6 Å². The normalized spacial score (nSPS) is 17.7. The topological polar surface area (TPSA) is 89.2 Å². The average Bonchev–Trinajstić information content (AvgIpc) is 3.54. The Morgan fingerprint density at radius 2 is 1.79 bits per heavy atom. The van der Waals surface area contributed by atoms with E-state index in [0.717, 1.165) is 16.5 Å². The smallest absolute Gasteiger partial charge is 0.293 e. The first-order valence-corrected chi connectivity index (χ1v) is 13.9. The first-order valence-electron chi connectivity index (χ1n) is 12.4. The zero-order valence-corrected chi connectivity index (χ0v) is 22.1. The Morgan fingerprint density at radius 3 is 2.46 bits per heavy atom. The van der Waals surface area contributed by atoms with Gasteiger partial charge in [0.25, 0.3) is 10.0 Å². The van der Waals surface area contributed by atoms with Crippen molar-refractivity contribution >= 4 is 20.9 Å². The number of alkyl halides is 3. The summed E-state index contributed by atoms with van der Waals surface area (Å²) in [6.45, 7) is 3.85. The summed E-state index contributed by atoms with van der Waals surface area (Å²) in [7, 11) is -4.01. The summed E-state index contributed by atoms with van der Waals surface area (Å²) in [5.74, 6) is -0.373. The van der Waals surface area contributed by atoms with E-state index in [2.05, 4.69) is 15.3 Å². The van der Waals surface area contributed by atoms with E-state index in [-0.39, 0.29) is 37.0 Å². The second-order valence-electron chi connectivity index (χ2n) is 9.45. The second kappa shape index (κ2) is 10.3. The number of hydrogen-bond donors (Lipinski definition) is 0. The molecule has 3 heterocycles. The maximum Gasteiger partial charge on any atom is 0.390 e. The molecule has 1 fully saturated rings. The molecule has 0 unspecified atom stereocenters. The molecule has 4 aromatic rings. The number of aromatic nitrogens is 5. The molecule has 0 bridgehead atoms. The van der Waals surface area contributed by atoms with E-state index in [0.29, 0.717) is 17.8 Å². The minimum Gasteiger partial charge on any atom is -0.293 e. The highest BCUT2D eigenvalue weighted by atomic mass is 32.2. The van der Waals surface area contributed by atoms with Crippen molar-refractivity contribution in [1.82, 2.24) is 34.0 Å². The third-order valence-electron chi connectivity index (χ3n) is 6.92. The first-order chi connectivity index (χ1) is 18.5. The minimum absolute atomic E-state index is 0.0272. The molecule has 2 aromatic heterocycles. The number of sulfonamides is 1. The molecule has 5 rings (SSSR count). The van der Waals surface area contributed by atoms with Crippen LogP contribution in [0.2, 0.25) is 0 Å². The quantitative estimate of drug-likeness (QED) is 0.314. The summed E-state index contributed by atoms with van der Waals surface area (Å²) in [5, 5.41) is 12.9. The van der Waals surface area contributed by atoms with Crippen LogP contribution in [0, 0.1) is 12.7 Å². The maximum absolute atomic E-state index is 13.4. The zero-order chi connectivity index (χ0) is 27.9. The molecule has 0 aliphatic carbocycles. The summed E-state index contributed by atoms with van der Waals surface area (Å²) in [6, 6.07) is 8.94. The number of benzene rings is 2. The lowest BCUT2D eigenvalue weighted by molar-refractivity contribution is -0.140. The van der Waals surface area contributed by atoms with Crippen molar-refractivity contribution in [2.24, 2.45) is 0 Å². The standard InChI is InChI=1S/C25H27F4N7O2S/c1-3-35-30-15-24(32-35)39(37,38)34-11-10-33(9-8-25(27,28)29)23(16-34)21-13-18-14-31-36(22(18)12-17(21)2)20-6-4-19(26)5-7-20/h4-7,12-15,23H,3,8-11,16H2,1-2H3/t23-/m0/s1. The molecule has 0 saturated carbocycles. The number of piperazine rings is 1. The van der Waals surface area contributed by atoms with E-state index in [9.17, 15) is 26.0 Å². The van der Waals surface area contributed by atoms with Gasteiger partial charge in [0.15, 0.2) is 0 Å². The first kappa shape index (κ1) is 27.2. The third kappa shape index (κ3) is 5.54. The molecule has 208 valence electrons. The molecule has 0 amide bonds. The van der Waals surface area contributed by atoms with E-state index in [4.69, 9.17) is 0 Å². The Kier molecular flexibility index (Phi) is 7.20. The van der Waals surface area contributed by atoms with Gasteiger partial charge in [-0.25, -0.2) is 17.5 Å². The fraction of sp³-hybridized carbons (Fsp3) is 0.400. The van der Waals surface area contributed by atoms with E-state index < -0.39 is 28.7 Å². The lowest BCUT2D eigenvalue weighted by Gasteiger charge is -2.41. The van der Waals surface area contributed by atoms with Gasteiger partial charge >= 0.3 is 6.18 Å². The minimum atomic E-state index is -4.35. The summed E-state index contributed by atoms with van der Waals surface area (Å²) in [4.78, 5) is 2.95. The second-order valence-corrected chi connectivity index (χ2v) is 11.3. The van der Waals surface area contributed by atoms with Gasteiger partial charge in [-0.2, -0.15) is 32.5 Å². The van der Waals surface area contributed by atoms with Crippen LogP contribution in [0.4, 0.5) is 17.6 Å². The highest BCUT2D eigenvalue weighted by Gasteiger charge is 2.38. The van der Waals surface area contributed by atoms with E-state index in [1.165, 1.54) is 27.4 Å². The van der Waals surface area contributed by atoms with Crippen molar-refractivity contribution in [2.45, 2.75) is 44.1 Å². The predicted octanol–water partition coefficient (Wildman–Crippen LogP) is 4.08. The molecule has 1 aliphatic rings. The highest BCUT2D eigenvalue weighted by molar-refractivity contribution is 7.89. The monoisotopic (exact) mass is 565 g/mol. The Balaban J connectivity index is 1.51. The summed E-state index contributed by atoms with van der Waals surface area (Å²) >= 11 is 0. The van der Waals surface area contributed by atoms with Crippen molar-refractivity contribution in [2.75, 3.05) is 26.2 Å². The number of rotatable bonds is 7. The molecular formula is C25H27F4N7O2S. The Bertz CT molecular complexity index is 1580. The average molecular weight is 566 g/mol. The Hall–Kier alpha value is -3.36. The molecule has 2 aromatic carbocycles. The van der Waals surface area contributed by atoms with Crippen molar-refractivity contribution in [1.29, 1.82) is 0 Å². The maximum atomic E-state index is 13.4. The number of hydrogen-bond acceptors (Lipinski definition) is 6.